The second-order valence-corrected chi connectivity index (χ2v) is 3.87. The van der Waals surface area contributed by atoms with E-state index in [2.05, 4.69) is 10.1 Å². The average molecular weight is 223 g/mol. The Bertz CT molecular complexity index is 521. The fourth-order valence-corrected chi connectivity index (χ4v) is 2.08. The minimum atomic E-state index is 0.0233. The lowest BCUT2D eigenvalue weighted by Gasteiger charge is -1.96. The van der Waals surface area contributed by atoms with Gasteiger partial charge in [0.2, 0.25) is 0 Å². The van der Waals surface area contributed by atoms with Crippen LogP contribution >= 0.6 is 11.3 Å². The topological polar surface area (TPSA) is 80.7 Å². The molecule has 78 valence electrons. The summed E-state index contributed by atoms with van der Waals surface area (Å²) in [5.74, 6) is 0.785. The average Bonchev–Trinajstić information content (AvgIpc) is 2.70. The third-order valence-electron chi connectivity index (χ3n) is 1.92. The highest BCUT2D eigenvalue weighted by molar-refractivity contribution is 7.20. The first-order chi connectivity index (χ1) is 7.24. The first-order valence-electron chi connectivity index (χ1n) is 4.17. The summed E-state index contributed by atoms with van der Waals surface area (Å²) in [5.41, 5.74) is 6.25. The molecule has 2 aromatic rings. The van der Waals surface area contributed by atoms with Crippen molar-refractivity contribution in [2.24, 2.45) is 10.9 Å². The number of methoxy groups -OCH3 is 1. The predicted molar refractivity (Wildman–Crippen MR) is 58.7 cm³/mol. The molecule has 0 fully saturated rings. The number of benzene rings is 1. The molecular formula is C9H9N3O2S. The number of hydrogen-bond donors (Lipinski definition) is 2. The highest BCUT2D eigenvalue weighted by Crippen LogP contribution is 2.25. The van der Waals surface area contributed by atoms with E-state index in [4.69, 9.17) is 15.7 Å². The second kappa shape index (κ2) is 3.74. The van der Waals surface area contributed by atoms with Crippen LogP contribution in [0.5, 0.6) is 5.75 Å². The minimum Gasteiger partial charge on any atom is -0.497 e. The smallest absolute Gasteiger partial charge is 0.199 e. The van der Waals surface area contributed by atoms with Gasteiger partial charge in [0.15, 0.2) is 10.8 Å². The van der Waals surface area contributed by atoms with E-state index >= 15 is 0 Å². The zero-order valence-corrected chi connectivity index (χ0v) is 8.78. The second-order valence-electron chi connectivity index (χ2n) is 2.84. The van der Waals surface area contributed by atoms with Crippen molar-refractivity contribution in [3.63, 3.8) is 0 Å². The maximum Gasteiger partial charge on any atom is 0.199 e. The summed E-state index contributed by atoms with van der Waals surface area (Å²) in [6, 6.07) is 5.51. The van der Waals surface area contributed by atoms with Gasteiger partial charge in [-0.15, -0.1) is 11.3 Å². The Kier molecular flexibility index (Phi) is 2.42. The van der Waals surface area contributed by atoms with E-state index in [0.717, 1.165) is 16.0 Å². The normalized spacial score (nSPS) is 11.9. The van der Waals surface area contributed by atoms with E-state index in [1.54, 1.807) is 7.11 Å². The molecule has 0 aliphatic carbocycles. The van der Waals surface area contributed by atoms with Gasteiger partial charge in [0.1, 0.15) is 5.75 Å². The molecule has 0 atom stereocenters. The zero-order valence-electron chi connectivity index (χ0n) is 7.97. The van der Waals surface area contributed by atoms with Gasteiger partial charge in [-0.3, -0.25) is 0 Å². The molecule has 0 aliphatic heterocycles. The summed E-state index contributed by atoms with van der Waals surface area (Å²) in [7, 11) is 1.60. The molecule has 0 unspecified atom stereocenters. The van der Waals surface area contributed by atoms with E-state index in [9.17, 15) is 0 Å². The molecule has 5 nitrogen and oxygen atoms in total. The Morgan fingerprint density at radius 2 is 2.40 bits per heavy atom. The summed E-state index contributed by atoms with van der Waals surface area (Å²) in [6.45, 7) is 0. The molecule has 2 rings (SSSR count). The van der Waals surface area contributed by atoms with Gasteiger partial charge < -0.3 is 15.7 Å². The number of rotatable bonds is 2. The van der Waals surface area contributed by atoms with Crippen molar-refractivity contribution in [2.75, 3.05) is 7.11 Å². The van der Waals surface area contributed by atoms with Gasteiger partial charge in [-0.1, -0.05) is 5.16 Å². The molecule has 0 aliphatic rings. The number of nitrogens with two attached hydrogens (primary N) is 1. The number of thiazole rings is 1. The Balaban J connectivity index is 2.56. The predicted octanol–water partition coefficient (Wildman–Crippen LogP) is 1.40. The van der Waals surface area contributed by atoms with Crippen LogP contribution in [0.3, 0.4) is 0 Å². The lowest BCUT2D eigenvalue weighted by atomic mass is 10.3. The largest absolute Gasteiger partial charge is 0.497 e. The molecule has 0 saturated carbocycles. The van der Waals surface area contributed by atoms with Crippen molar-refractivity contribution >= 4 is 27.4 Å². The Morgan fingerprint density at radius 1 is 1.60 bits per heavy atom. The highest BCUT2D eigenvalue weighted by Gasteiger charge is 2.08. The molecular weight excluding hydrogens is 214 g/mol. The number of aromatic nitrogens is 1. The van der Waals surface area contributed by atoms with Crippen LogP contribution in [0.2, 0.25) is 0 Å². The summed E-state index contributed by atoms with van der Waals surface area (Å²) in [4.78, 5) is 4.21. The van der Waals surface area contributed by atoms with Crippen molar-refractivity contribution in [3.05, 3.63) is 23.2 Å². The van der Waals surface area contributed by atoms with E-state index in [1.807, 2.05) is 18.2 Å². The summed E-state index contributed by atoms with van der Waals surface area (Å²) in [6.07, 6.45) is 0. The van der Waals surface area contributed by atoms with E-state index in [0.29, 0.717) is 5.01 Å². The van der Waals surface area contributed by atoms with Crippen LogP contribution in [-0.4, -0.2) is 23.1 Å². The maximum atomic E-state index is 8.52. The third-order valence-corrected chi connectivity index (χ3v) is 2.96. The lowest BCUT2D eigenvalue weighted by Crippen LogP contribution is -2.12. The molecule has 1 aromatic heterocycles. The zero-order chi connectivity index (χ0) is 10.8. The van der Waals surface area contributed by atoms with Crippen molar-refractivity contribution in [1.82, 2.24) is 4.98 Å². The van der Waals surface area contributed by atoms with Crippen LogP contribution in [0, 0.1) is 0 Å². The third kappa shape index (κ3) is 1.71. The molecule has 3 N–H and O–H groups in total. The van der Waals surface area contributed by atoms with Gasteiger partial charge in [-0.2, -0.15) is 0 Å². The number of oxime groups is 1. The lowest BCUT2D eigenvalue weighted by molar-refractivity contribution is 0.318. The van der Waals surface area contributed by atoms with Crippen LogP contribution in [0.25, 0.3) is 10.2 Å². The fraction of sp³-hybridized carbons (Fsp3) is 0.111. The van der Waals surface area contributed by atoms with E-state index in [-0.39, 0.29) is 5.84 Å². The number of hydrogen-bond acceptors (Lipinski definition) is 5. The molecule has 0 spiro atoms. The molecule has 1 heterocycles. The van der Waals surface area contributed by atoms with Crippen LogP contribution in [0.15, 0.2) is 23.4 Å². The van der Waals surface area contributed by atoms with Gasteiger partial charge >= 0.3 is 0 Å². The van der Waals surface area contributed by atoms with Gasteiger partial charge in [-0.25, -0.2) is 4.98 Å². The van der Waals surface area contributed by atoms with Crippen LogP contribution in [0.4, 0.5) is 0 Å². The molecule has 0 bridgehead atoms. The first kappa shape index (κ1) is 9.72. The number of amidine groups is 1. The van der Waals surface area contributed by atoms with Gasteiger partial charge in [0, 0.05) is 0 Å². The molecule has 6 heteroatoms. The number of ether oxygens (including phenoxy) is 1. The molecule has 0 amide bonds. The Morgan fingerprint density at radius 3 is 3.07 bits per heavy atom. The van der Waals surface area contributed by atoms with Crippen molar-refractivity contribution in [3.8, 4) is 5.75 Å². The Labute approximate surface area is 89.8 Å². The first-order valence-corrected chi connectivity index (χ1v) is 4.98. The summed E-state index contributed by atoms with van der Waals surface area (Å²) >= 11 is 1.35. The van der Waals surface area contributed by atoms with Crippen molar-refractivity contribution in [1.29, 1.82) is 0 Å². The number of nitrogens with zero attached hydrogens (tertiary/aromatic N) is 2. The highest BCUT2D eigenvalue weighted by atomic mass is 32.1. The van der Waals surface area contributed by atoms with E-state index in [1.165, 1.54) is 11.3 Å². The maximum absolute atomic E-state index is 8.52. The molecule has 0 saturated heterocycles. The SMILES string of the molecule is COc1ccc2nc(/C(N)=N/O)sc2c1. The minimum absolute atomic E-state index is 0.0233. The van der Waals surface area contributed by atoms with Crippen LogP contribution in [0.1, 0.15) is 5.01 Å². The quantitative estimate of drug-likeness (QED) is 0.349. The fourth-order valence-electron chi connectivity index (χ4n) is 1.18. The summed E-state index contributed by atoms with van der Waals surface area (Å²) < 4.78 is 6.03. The van der Waals surface area contributed by atoms with Gasteiger partial charge in [-0.05, 0) is 18.2 Å². The molecule has 1 aromatic carbocycles. The summed E-state index contributed by atoms with van der Waals surface area (Å²) in [5, 5.41) is 11.9. The van der Waals surface area contributed by atoms with Crippen molar-refractivity contribution in [2.45, 2.75) is 0 Å². The molecule has 15 heavy (non-hydrogen) atoms. The van der Waals surface area contributed by atoms with Gasteiger partial charge in [0.25, 0.3) is 0 Å². The Hall–Kier alpha value is -1.82. The molecule has 0 radical (unpaired) electrons. The van der Waals surface area contributed by atoms with Crippen molar-refractivity contribution < 1.29 is 9.94 Å². The van der Waals surface area contributed by atoms with E-state index < -0.39 is 0 Å². The van der Waals surface area contributed by atoms with Crippen LogP contribution < -0.4 is 10.5 Å². The number of fused-ring (bicyclic) bond motifs is 1. The van der Waals surface area contributed by atoms with Crippen LogP contribution in [-0.2, 0) is 0 Å². The standard InChI is InChI=1S/C9H9N3O2S/c1-14-5-2-3-6-7(4-5)15-9(11-6)8(10)12-13/h2-4,13H,1H3,(H2,10,12). The monoisotopic (exact) mass is 223 g/mol. The van der Waals surface area contributed by atoms with Gasteiger partial charge in [0.05, 0.1) is 17.3 Å².